The van der Waals surface area contributed by atoms with E-state index in [1.807, 2.05) is 6.92 Å². The van der Waals surface area contributed by atoms with E-state index in [-0.39, 0.29) is 13.0 Å². The maximum atomic E-state index is 10.5. The Morgan fingerprint density at radius 3 is 2.33 bits per heavy atom. The Bertz CT molecular complexity index is 146. The number of carbonyl (C=O) groups is 1. The predicted molar refractivity (Wildman–Crippen MR) is 43.7 cm³/mol. The fourth-order valence-corrected chi connectivity index (χ4v) is 0.851. The summed E-state index contributed by atoms with van der Waals surface area (Å²) in [5, 5.41) is 18.0. The Hall–Kier alpha value is -0.610. The van der Waals surface area contributed by atoms with Crippen molar-refractivity contribution in [3.05, 3.63) is 0 Å². The number of hydrogen-bond donors (Lipinski definition) is 2. The van der Waals surface area contributed by atoms with Gasteiger partial charge < -0.3 is 14.9 Å². The summed E-state index contributed by atoms with van der Waals surface area (Å²) in [6, 6.07) is 0. The average molecular weight is 176 g/mol. The molecule has 12 heavy (non-hydrogen) atoms. The van der Waals surface area contributed by atoms with Crippen LogP contribution in [0.5, 0.6) is 0 Å². The largest absolute Gasteiger partial charge is 0.477 e. The van der Waals surface area contributed by atoms with E-state index >= 15 is 0 Å². The smallest absolute Gasteiger partial charge is 0.364 e. The monoisotopic (exact) mass is 176 g/mol. The number of aliphatic hydroxyl groups is 1. The van der Waals surface area contributed by atoms with Crippen molar-refractivity contribution in [3.63, 3.8) is 0 Å². The van der Waals surface area contributed by atoms with Gasteiger partial charge in [0.2, 0.25) is 0 Å². The van der Waals surface area contributed by atoms with Crippen molar-refractivity contribution in [1.29, 1.82) is 0 Å². The number of ether oxygens (including phenoxy) is 1. The lowest BCUT2D eigenvalue weighted by atomic mass is 10.1. The Morgan fingerprint density at radius 2 is 2.00 bits per heavy atom. The molecule has 0 aromatic heterocycles. The van der Waals surface area contributed by atoms with E-state index in [1.165, 1.54) is 0 Å². The van der Waals surface area contributed by atoms with Crippen molar-refractivity contribution >= 4 is 5.97 Å². The molecule has 0 rings (SSSR count). The molecule has 0 amide bonds. The molecule has 2 N–H and O–H groups in total. The van der Waals surface area contributed by atoms with Crippen molar-refractivity contribution in [2.24, 2.45) is 0 Å². The minimum Gasteiger partial charge on any atom is -0.477 e. The first-order chi connectivity index (χ1) is 5.56. The van der Waals surface area contributed by atoms with E-state index in [4.69, 9.17) is 9.84 Å². The van der Waals surface area contributed by atoms with Crippen LogP contribution in [-0.4, -0.2) is 28.6 Å². The molecule has 72 valence electrons. The molecule has 1 atom stereocenters. The minimum atomic E-state index is -1.98. The Kier molecular flexibility index (Phi) is 4.85. The van der Waals surface area contributed by atoms with Crippen molar-refractivity contribution in [2.45, 2.75) is 38.9 Å². The minimum absolute atomic E-state index is 0.127. The maximum Gasteiger partial charge on any atom is 0.364 e. The SMILES string of the molecule is CCCOC(O)(CCC)C(=O)O. The second-order valence-electron chi connectivity index (χ2n) is 2.69. The number of hydrogen-bond acceptors (Lipinski definition) is 3. The molecule has 0 aliphatic heterocycles. The average Bonchev–Trinajstić information content (AvgIpc) is 2.01. The summed E-state index contributed by atoms with van der Waals surface area (Å²) in [6.07, 6.45) is 1.40. The molecule has 0 radical (unpaired) electrons. The summed E-state index contributed by atoms with van der Waals surface area (Å²) < 4.78 is 4.84. The highest BCUT2D eigenvalue weighted by molar-refractivity contribution is 5.75. The van der Waals surface area contributed by atoms with Gasteiger partial charge in [-0.1, -0.05) is 20.3 Å². The van der Waals surface area contributed by atoms with Gasteiger partial charge in [0.05, 0.1) is 6.61 Å². The fraction of sp³-hybridized carbons (Fsp3) is 0.875. The molecule has 0 spiro atoms. The maximum absolute atomic E-state index is 10.5. The molecule has 4 heteroatoms. The summed E-state index contributed by atoms with van der Waals surface area (Å²) in [7, 11) is 0. The van der Waals surface area contributed by atoms with Gasteiger partial charge in [-0.25, -0.2) is 4.79 Å². The van der Waals surface area contributed by atoms with Crippen molar-refractivity contribution < 1.29 is 19.7 Å². The topological polar surface area (TPSA) is 66.8 Å². The Balaban J connectivity index is 4.08. The number of carboxylic acid groups (broad SMARTS) is 1. The fourth-order valence-electron chi connectivity index (χ4n) is 0.851. The van der Waals surface area contributed by atoms with Crippen LogP contribution in [0.15, 0.2) is 0 Å². The third-order valence-corrected chi connectivity index (χ3v) is 1.47. The quantitative estimate of drug-likeness (QED) is 0.592. The van der Waals surface area contributed by atoms with Crippen molar-refractivity contribution in [3.8, 4) is 0 Å². The highest BCUT2D eigenvalue weighted by atomic mass is 16.6. The van der Waals surface area contributed by atoms with Crippen LogP contribution in [-0.2, 0) is 9.53 Å². The van der Waals surface area contributed by atoms with Crippen LogP contribution in [0.2, 0.25) is 0 Å². The van der Waals surface area contributed by atoms with Crippen LogP contribution in [0.25, 0.3) is 0 Å². The molecule has 0 aliphatic carbocycles. The Morgan fingerprint density at radius 1 is 1.42 bits per heavy atom. The van der Waals surface area contributed by atoms with E-state index in [1.54, 1.807) is 6.92 Å². The summed E-state index contributed by atoms with van der Waals surface area (Å²) in [4.78, 5) is 10.5. The van der Waals surface area contributed by atoms with E-state index < -0.39 is 11.8 Å². The zero-order chi connectivity index (χ0) is 9.61. The normalized spacial score (nSPS) is 15.6. The van der Waals surface area contributed by atoms with E-state index in [2.05, 4.69) is 0 Å². The first kappa shape index (κ1) is 11.4. The van der Waals surface area contributed by atoms with E-state index in [0.29, 0.717) is 12.8 Å². The number of rotatable bonds is 6. The summed E-state index contributed by atoms with van der Waals surface area (Å²) in [5.41, 5.74) is 0. The lowest BCUT2D eigenvalue weighted by Gasteiger charge is -2.22. The predicted octanol–water partition coefficient (Wildman–Crippen LogP) is 0.986. The van der Waals surface area contributed by atoms with Gasteiger partial charge in [-0.05, 0) is 6.42 Å². The molecule has 0 bridgehead atoms. The van der Waals surface area contributed by atoms with E-state index in [0.717, 1.165) is 0 Å². The third-order valence-electron chi connectivity index (χ3n) is 1.47. The van der Waals surface area contributed by atoms with Crippen LogP contribution < -0.4 is 0 Å². The van der Waals surface area contributed by atoms with Crippen LogP contribution in [0, 0.1) is 0 Å². The van der Waals surface area contributed by atoms with Crippen LogP contribution in [0.1, 0.15) is 33.1 Å². The van der Waals surface area contributed by atoms with Crippen molar-refractivity contribution in [1.82, 2.24) is 0 Å². The molecular formula is C8H16O4. The van der Waals surface area contributed by atoms with E-state index in [9.17, 15) is 9.90 Å². The van der Waals surface area contributed by atoms with Gasteiger partial charge in [0.25, 0.3) is 5.79 Å². The first-order valence-electron chi connectivity index (χ1n) is 4.16. The van der Waals surface area contributed by atoms with Gasteiger partial charge in [0.1, 0.15) is 0 Å². The molecule has 0 fully saturated rings. The highest BCUT2D eigenvalue weighted by Crippen LogP contribution is 2.15. The molecule has 0 aromatic rings. The third kappa shape index (κ3) is 3.19. The van der Waals surface area contributed by atoms with Gasteiger partial charge in [0.15, 0.2) is 0 Å². The molecule has 0 heterocycles. The van der Waals surface area contributed by atoms with Gasteiger partial charge in [0, 0.05) is 6.42 Å². The zero-order valence-electron chi connectivity index (χ0n) is 7.54. The number of aliphatic carboxylic acids is 1. The number of carboxylic acids is 1. The molecule has 0 aromatic carbocycles. The molecular weight excluding hydrogens is 160 g/mol. The van der Waals surface area contributed by atoms with Crippen LogP contribution >= 0.6 is 0 Å². The lowest BCUT2D eigenvalue weighted by molar-refractivity contribution is -0.226. The standard InChI is InChI=1S/C8H16O4/c1-3-5-8(11,7(9)10)12-6-4-2/h11H,3-6H2,1-2H3,(H,9,10). The Labute approximate surface area is 72.2 Å². The molecule has 0 aliphatic rings. The van der Waals surface area contributed by atoms with Crippen LogP contribution in [0.4, 0.5) is 0 Å². The molecule has 0 saturated carbocycles. The summed E-state index contributed by atoms with van der Waals surface area (Å²) in [5.74, 6) is -3.29. The van der Waals surface area contributed by atoms with Crippen molar-refractivity contribution in [2.75, 3.05) is 6.61 Å². The van der Waals surface area contributed by atoms with Gasteiger partial charge in [-0.15, -0.1) is 0 Å². The molecule has 4 nitrogen and oxygen atoms in total. The van der Waals surface area contributed by atoms with Gasteiger partial charge in [-0.2, -0.15) is 0 Å². The summed E-state index contributed by atoms with van der Waals surface area (Å²) >= 11 is 0. The molecule has 1 unspecified atom stereocenters. The van der Waals surface area contributed by atoms with Gasteiger partial charge in [-0.3, -0.25) is 0 Å². The van der Waals surface area contributed by atoms with Crippen LogP contribution in [0.3, 0.4) is 0 Å². The second-order valence-corrected chi connectivity index (χ2v) is 2.69. The lowest BCUT2D eigenvalue weighted by Crippen LogP contribution is -2.41. The summed E-state index contributed by atoms with van der Waals surface area (Å²) in [6.45, 7) is 3.92. The molecule has 0 saturated heterocycles. The van der Waals surface area contributed by atoms with Gasteiger partial charge >= 0.3 is 5.97 Å². The highest BCUT2D eigenvalue weighted by Gasteiger charge is 2.35. The second kappa shape index (κ2) is 5.11. The first-order valence-corrected chi connectivity index (χ1v) is 4.16. The zero-order valence-corrected chi connectivity index (χ0v) is 7.54.